The standard InChI is InChI=1S/C15H24N2S/c1-11-4-5-12(9-16)10-17(11)15(13-6-7-13)14-3-2-8-18-14/h2-3,8,11-13,15H,4-7,9-10,16H2,1H3. The van der Waals surface area contributed by atoms with Crippen molar-refractivity contribution in [3.8, 4) is 0 Å². The van der Waals surface area contributed by atoms with E-state index in [4.69, 9.17) is 5.73 Å². The molecule has 2 aliphatic rings. The van der Waals surface area contributed by atoms with E-state index >= 15 is 0 Å². The van der Waals surface area contributed by atoms with Crippen molar-refractivity contribution in [1.29, 1.82) is 0 Å². The van der Waals surface area contributed by atoms with Crippen LogP contribution < -0.4 is 5.73 Å². The van der Waals surface area contributed by atoms with Crippen molar-refractivity contribution in [2.75, 3.05) is 13.1 Å². The van der Waals surface area contributed by atoms with Crippen molar-refractivity contribution in [2.45, 2.75) is 44.7 Å². The zero-order valence-corrected chi connectivity index (χ0v) is 12.0. The SMILES string of the molecule is CC1CCC(CN)CN1C(c1cccs1)C1CC1. The quantitative estimate of drug-likeness (QED) is 0.904. The van der Waals surface area contributed by atoms with Crippen LogP contribution in [0.5, 0.6) is 0 Å². The fourth-order valence-corrected chi connectivity index (χ4v) is 4.27. The first kappa shape index (κ1) is 12.6. The summed E-state index contributed by atoms with van der Waals surface area (Å²) in [6.07, 6.45) is 5.46. The van der Waals surface area contributed by atoms with Gasteiger partial charge in [-0.3, -0.25) is 4.90 Å². The Kier molecular flexibility index (Phi) is 3.73. The number of piperidine rings is 1. The summed E-state index contributed by atoms with van der Waals surface area (Å²) < 4.78 is 0. The average Bonchev–Trinajstić information content (AvgIpc) is 3.07. The third-order valence-electron chi connectivity index (χ3n) is 4.62. The number of nitrogens with zero attached hydrogens (tertiary/aromatic N) is 1. The Balaban J connectivity index is 1.80. The minimum absolute atomic E-state index is 0.675. The molecule has 0 bridgehead atoms. The second-order valence-corrected chi connectivity index (χ2v) is 7.00. The number of hydrogen-bond acceptors (Lipinski definition) is 3. The highest BCUT2D eigenvalue weighted by molar-refractivity contribution is 7.10. The molecule has 1 saturated heterocycles. The lowest BCUT2D eigenvalue weighted by Gasteiger charge is -2.42. The molecular formula is C15H24N2S. The van der Waals surface area contributed by atoms with E-state index in [9.17, 15) is 0 Å². The molecule has 100 valence electrons. The van der Waals surface area contributed by atoms with Crippen molar-refractivity contribution >= 4 is 11.3 Å². The molecule has 3 unspecified atom stereocenters. The highest BCUT2D eigenvalue weighted by Gasteiger charge is 2.40. The third-order valence-corrected chi connectivity index (χ3v) is 5.56. The van der Waals surface area contributed by atoms with Gasteiger partial charge in [-0.15, -0.1) is 11.3 Å². The molecule has 2 N–H and O–H groups in total. The first-order chi connectivity index (χ1) is 8.79. The topological polar surface area (TPSA) is 29.3 Å². The van der Waals surface area contributed by atoms with E-state index in [1.165, 1.54) is 32.2 Å². The Morgan fingerprint density at radius 2 is 2.22 bits per heavy atom. The van der Waals surface area contributed by atoms with Gasteiger partial charge in [0.15, 0.2) is 0 Å². The molecule has 3 atom stereocenters. The lowest BCUT2D eigenvalue weighted by atomic mass is 9.91. The summed E-state index contributed by atoms with van der Waals surface area (Å²) in [5.41, 5.74) is 5.90. The summed E-state index contributed by atoms with van der Waals surface area (Å²) in [7, 11) is 0. The maximum Gasteiger partial charge on any atom is 0.0472 e. The maximum absolute atomic E-state index is 5.90. The highest BCUT2D eigenvalue weighted by atomic mass is 32.1. The lowest BCUT2D eigenvalue weighted by Crippen LogP contribution is -2.46. The Morgan fingerprint density at radius 1 is 1.39 bits per heavy atom. The molecule has 2 nitrogen and oxygen atoms in total. The summed E-state index contributed by atoms with van der Waals surface area (Å²) >= 11 is 1.93. The van der Waals surface area contributed by atoms with Gasteiger partial charge in [-0.25, -0.2) is 0 Å². The molecule has 0 amide bonds. The van der Waals surface area contributed by atoms with Gasteiger partial charge in [-0.05, 0) is 62.4 Å². The summed E-state index contributed by atoms with van der Waals surface area (Å²) in [5.74, 6) is 1.62. The van der Waals surface area contributed by atoms with Crippen LogP contribution in [-0.2, 0) is 0 Å². The summed E-state index contributed by atoms with van der Waals surface area (Å²) in [6, 6.07) is 5.92. The average molecular weight is 264 g/mol. The van der Waals surface area contributed by atoms with Gasteiger partial charge in [-0.2, -0.15) is 0 Å². The Hall–Kier alpha value is -0.380. The van der Waals surface area contributed by atoms with Crippen LogP contribution in [0.15, 0.2) is 17.5 Å². The fourth-order valence-electron chi connectivity index (χ4n) is 3.33. The molecule has 1 aliphatic carbocycles. The van der Waals surface area contributed by atoms with Gasteiger partial charge in [-0.1, -0.05) is 6.07 Å². The van der Waals surface area contributed by atoms with Gasteiger partial charge >= 0.3 is 0 Å². The zero-order valence-electron chi connectivity index (χ0n) is 11.2. The van der Waals surface area contributed by atoms with Crippen LogP contribution in [-0.4, -0.2) is 24.0 Å². The van der Waals surface area contributed by atoms with Crippen molar-refractivity contribution in [1.82, 2.24) is 4.90 Å². The predicted octanol–water partition coefficient (Wildman–Crippen LogP) is 3.26. The first-order valence-electron chi connectivity index (χ1n) is 7.28. The van der Waals surface area contributed by atoms with Gasteiger partial charge in [0.2, 0.25) is 0 Å². The van der Waals surface area contributed by atoms with Crippen molar-refractivity contribution in [3.05, 3.63) is 22.4 Å². The highest BCUT2D eigenvalue weighted by Crippen LogP contribution is 2.47. The number of likely N-dealkylation sites (tertiary alicyclic amines) is 1. The number of thiophene rings is 1. The van der Waals surface area contributed by atoms with Crippen molar-refractivity contribution < 1.29 is 0 Å². The maximum atomic E-state index is 5.90. The number of hydrogen-bond donors (Lipinski definition) is 1. The van der Waals surface area contributed by atoms with Gasteiger partial charge in [0.1, 0.15) is 0 Å². The lowest BCUT2D eigenvalue weighted by molar-refractivity contribution is 0.0643. The van der Waals surface area contributed by atoms with Crippen LogP contribution in [0.25, 0.3) is 0 Å². The van der Waals surface area contributed by atoms with E-state index in [-0.39, 0.29) is 0 Å². The molecule has 1 aromatic heterocycles. The summed E-state index contributed by atoms with van der Waals surface area (Å²) in [4.78, 5) is 4.33. The van der Waals surface area contributed by atoms with Gasteiger partial charge < -0.3 is 5.73 Å². The number of rotatable bonds is 4. The van der Waals surface area contributed by atoms with Gasteiger partial charge in [0.25, 0.3) is 0 Å². The molecule has 3 rings (SSSR count). The van der Waals surface area contributed by atoms with Crippen LogP contribution in [0.4, 0.5) is 0 Å². The molecule has 1 aliphatic heterocycles. The van der Waals surface area contributed by atoms with E-state index in [2.05, 4.69) is 29.3 Å². The van der Waals surface area contributed by atoms with Crippen molar-refractivity contribution in [2.24, 2.45) is 17.6 Å². The van der Waals surface area contributed by atoms with Crippen molar-refractivity contribution in [3.63, 3.8) is 0 Å². The summed E-state index contributed by atoms with van der Waals surface area (Å²) in [6.45, 7) is 4.46. The van der Waals surface area contributed by atoms with Crippen LogP contribution in [0.2, 0.25) is 0 Å². The van der Waals surface area contributed by atoms with Crippen LogP contribution in [0.3, 0.4) is 0 Å². The largest absolute Gasteiger partial charge is 0.330 e. The Labute approximate surface area is 114 Å². The molecule has 2 fully saturated rings. The molecule has 18 heavy (non-hydrogen) atoms. The molecule has 0 spiro atoms. The van der Waals surface area contributed by atoms with Gasteiger partial charge in [0, 0.05) is 23.5 Å². The monoisotopic (exact) mass is 264 g/mol. The normalized spacial score (nSPS) is 31.4. The Bertz CT molecular complexity index is 372. The van der Waals surface area contributed by atoms with E-state index in [1.807, 2.05) is 11.3 Å². The smallest absolute Gasteiger partial charge is 0.0472 e. The van der Waals surface area contributed by atoms with Crippen LogP contribution in [0, 0.1) is 11.8 Å². The van der Waals surface area contributed by atoms with E-state index in [1.54, 1.807) is 4.88 Å². The number of nitrogens with two attached hydrogens (primary N) is 1. The molecule has 1 aromatic rings. The molecule has 2 heterocycles. The molecule has 0 aromatic carbocycles. The fraction of sp³-hybridized carbons (Fsp3) is 0.733. The minimum Gasteiger partial charge on any atom is -0.330 e. The van der Waals surface area contributed by atoms with E-state index in [0.717, 1.165) is 18.5 Å². The molecule has 1 saturated carbocycles. The second kappa shape index (κ2) is 5.32. The third kappa shape index (κ3) is 2.49. The second-order valence-electron chi connectivity index (χ2n) is 6.02. The van der Waals surface area contributed by atoms with E-state index < -0.39 is 0 Å². The Morgan fingerprint density at radius 3 is 2.83 bits per heavy atom. The minimum atomic E-state index is 0.675. The van der Waals surface area contributed by atoms with Crippen LogP contribution in [0.1, 0.15) is 43.5 Å². The molecule has 3 heteroatoms. The molecular weight excluding hydrogens is 240 g/mol. The predicted molar refractivity (Wildman–Crippen MR) is 77.7 cm³/mol. The zero-order chi connectivity index (χ0) is 12.5. The summed E-state index contributed by atoms with van der Waals surface area (Å²) in [5, 5.41) is 2.22. The van der Waals surface area contributed by atoms with Crippen LogP contribution >= 0.6 is 11.3 Å². The first-order valence-corrected chi connectivity index (χ1v) is 8.16. The van der Waals surface area contributed by atoms with Gasteiger partial charge in [0.05, 0.1) is 0 Å². The van der Waals surface area contributed by atoms with E-state index in [0.29, 0.717) is 12.0 Å². The molecule has 0 radical (unpaired) electrons.